The Morgan fingerprint density at radius 2 is 2.27 bits per heavy atom. The first kappa shape index (κ1) is 11.0. The third-order valence-electron chi connectivity index (χ3n) is 1.70. The monoisotopic (exact) mass is 175 g/mol. The van der Waals surface area contributed by atoms with Crippen molar-refractivity contribution in [2.45, 2.75) is 25.8 Å². The van der Waals surface area contributed by atoms with Gasteiger partial charge >= 0.3 is 0 Å². The van der Waals surface area contributed by atoms with Gasteiger partial charge < -0.3 is 5.32 Å². The van der Waals surface area contributed by atoms with Gasteiger partial charge in [0, 0.05) is 6.42 Å². The molecule has 0 spiro atoms. The Kier molecular flexibility index (Phi) is 6.66. The maximum absolute atomic E-state index is 11.2. The van der Waals surface area contributed by atoms with Crippen LogP contribution in [0.5, 0.6) is 0 Å². The summed E-state index contributed by atoms with van der Waals surface area (Å²) >= 11 is 1.78. The molecule has 0 aliphatic carbocycles. The zero-order valence-electron chi connectivity index (χ0n) is 7.52. The lowest BCUT2D eigenvalue weighted by Crippen LogP contribution is -2.34. The van der Waals surface area contributed by atoms with Gasteiger partial charge in [-0.15, -0.1) is 0 Å². The number of likely N-dealkylation sites (N-methyl/N-ethyl adjacent to an activating group) is 1. The fourth-order valence-electron chi connectivity index (χ4n) is 0.948. The number of rotatable bonds is 6. The summed E-state index contributed by atoms with van der Waals surface area (Å²) in [4.78, 5) is 11.2. The maximum atomic E-state index is 11.2. The normalized spacial score (nSPS) is 13.0. The van der Waals surface area contributed by atoms with Crippen LogP contribution in [0.25, 0.3) is 0 Å². The van der Waals surface area contributed by atoms with Gasteiger partial charge in [0.15, 0.2) is 0 Å². The maximum Gasteiger partial charge on any atom is 0.149 e. The second-order valence-corrected chi connectivity index (χ2v) is 3.43. The lowest BCUT2D eigenvalue weighted by molar-refractivity contribution is -0.120. The van der Waals surface area contributed by atoms with E-state index in [0.717, 1.165) is 12.2 Å². The molecule has 0 amide bonds. The van der Waals surface area contributed by atoms with E-state index in [4.69, 9.17) is 0 Å². The molecule has 0 bridgehead atoms. The first-order chi connectivity index (χ1) is 5.26. The SMILES string of the molecule is CCC(=O)[C@H](CCSC)NC. The second-order valence-electron chi connectivity index (χ2n) is 2.44. The minimum atomic E-state index is 0.0763. The van der Waals surface area contributed by atoms with Crippen molar-refractivity contribution in [3.63, 3.8) is 0 Å². The predicted molar refractivity (Wildman–Crippen MR) is 51.1 cm³/mol. The molecule has 0 unspecified atom stereocenters. The summed E-state index contributed by atoms with van der Waals surface area (Å²) in [6, 6.07) is 0.0763. The minimum Gasteiger partial charge on any atom is -0.311 e. The summed E-state index contributed by atoms with van der Waals surface area (Å²) in [5.41, 5.74) is 0. The molecule has 11 heavy (non-hydrogen) atoms. The van der Waals surface area contributed by atoms with E-state index in [-0.39, 0.29) is 6.04 Å². The van der Waals surface area contributed by atoms with Crippen molar-refractivity contribution in [3.8, 4) is 0 Å². The molecule has 0 saturated heterocycles. The summed E-state index contributed by atoms with van der Waals surface area (Å²) in [6.07, 6.45) is 3.65. The highest BCUT2D eigenvalue weighted by Crippen LogP contribution is 2.02. The van der Waals surface area contributed by atoms with Gasteiger partial charge in [-0.2, -0.15) is 11.8 Å². The average Bonchev–Trinajstić information content (AvgIpc) is 2.05. The zero-order chi connectivity index (χ0) is 8.69. The van der Waals surface area contributed by atoms with Crippen molar-refractivity contribution in [3.05, 3.63) is 0 Å². The van der Waals surface area contributed by atoms with E-state index in [9.17, 15) is 4.79 Å². The van der Waals surface area contributed by atoms with Crippen LogP contribution in [0.15, 0.2) is 0 Å². The van der Waals surface area contributed by atoms with Gasteiger partial charge in [-0.05, 0) is 25.5 Å². The van der Waals surface area contributed by atoms with Crippen molar-refractivity contribution in [1.29, 1.82) is 0 Å². The largest absolute Gasteiger partial charge is 0.311 e. The highest BCUT2D eigenvalue weighted by Gasteiger charge is 2.12. The number of hydrogen-bond acceptors (Lipinski definition) is 3. The third kappa shape index (κ3) is 4.43. The number of thioether (sulfide) groups is 1. The molecule has 0 rings (SSSR count). The molecular formula is C8H17NOS. The number of carbonyl (C=O) groups is 1. The van der Waals surface area contributed by atoms with Crippen molar-refractivity contribution in [1.82, 2.24) is 5.32 Å². The predicted octanol–water partition coefficient (Wildman–Crippen LogP) is 1.31. The van der Waals surface area contributed by atoms with Crippen molar-refractivity contribution in [2.24, 2.45) is 0 Å². The molecule has 0 fully saturated rings. The van der Waals surface area contributed by atoms with Crippen LogP contribution in [-0.4, -0.2) is 30.9 Å². The van der Waals surface area contributed by atoms with Crippen LogP contribution in [-0.2, 0) is 4.79 Å². The fraction of sp³-hybridized carbons (Fsp3) is 0.875. The first-order valence-corrected chi connectivity index (χ1v) is 5.34. The lowest BCUT2D eigenvalue weighted by atomic mass is 10.1. The molecule has 1 N–H and O–H groups in total. The quantitative estimate of drug-likeness (QED) is 0.660. The topological polar surface area (TPSA) is 29.1 Å². The molecule has 0 aliphatic heterocycles. The van der Waals surface area contributed by atoms with Crippen LogP contribution in [0.1, 0.15) is 19.8 Å². The number of Topliss-reactive ketones (excluding diaryl/α,β-unsaturated/α-hetero) is 1. The lowest BCUT2D eigenvalue weighted by Gasteiger charge is -2.12. The van der Waals surface area contributed by atoms with Gasteiger partial charge in [-0.3, -0.25) is 4.79 Å². The van der Waals surface area contributed by atoms with Gasteiger partial charge in [0.2, 0.25) is 0 Å². The second kappa shape index (κ2) is 6.68. The van der Waals surface area contributed by atoms with Crippen molar-refractivity contribution >= 4 is 17.5 Å². The minimum absolute atomic E-state index is 0.0763. The Labute approximate surface area is 73.1 Å². The standard InChI is InChI=1S/C8H17NOS/c1-4-8(10)7(9-2)5-6-11-3/h7,9H,4-6H2,1-3H3/t7-/m0/s1. The number of nitrogens with one attached hydrogen (secondary N) is 1. The molecule has 3 heteroatoms. The fourth-order valence-corrected chi connectivity index (χ4v) is 1.42. The molecule has 66 valence electrons. The molecule has 1 atom stereocenters. The van der Waals surface area contributed by atoms with E-state index in [1.807, 2.05) is 14.0 Å². The van der Waals surface area contributed by atoms with Gasteiger partial charge in [0.05, 0.1) is 6.04 Å². The number of hydrogen-bond donors (Lipinski definition) is 1. The van der Waals surface area contributed by atoms with Crippen LogP contribution in [0.3, 0.4) is 0 Å². The molecular weight excluding hydrogens is 158 g/mol. The van der Waals surface area contributed by atoms with Gasteiger partial charge in [-0.25, -0.2) is 0 Å². The molecule has 0 aromatic rings. The van der Waals surface area contributed by atoms with Crippen molar-refractivity contribution < 1.29 is 4.79 Å². The highest BCUT2D eigenvalue weighted by atomic mass is 32.2. The van der Waals surface area contributed by atoms with E-state index in [1.54, 1.807) is 11.8 Å². The van der Waals surface area contributed by atoms with Crippen LogP contribution < -0.4 is 5.32 Å². The smallest absolute Gasteiger partial charge is 0.149 e. The van der Waals surface area contributed by atoms with E-state index >= 15 is 0 Å². The molecule has 0 radical (unpaired) electrons. The number of ketones is 1. The van der Waals surface area contributed by atoms with Crippen LogP contribution in [0.2, 0.25) is 0 Å². The van der Waals surface area contributed by atoms with E-state index in [1.165, 1.54) is 0 Å². The molecule has 0 aromatic carbocycles. The highest BCUT2D eigenvalue weighted by molar-refractivity contribution is 7.98. The summed E-state index contributed by atoms with van der Waals surface area (Å²) in [7, 11) is 1.85. The third-order valence-corrected chi connectivity index (χ3v) is 2.34. The number of carbonyl (C=O) groups excluding carboxylic acids is 1. The summed E-state index contributed by atoms with van der Waals surface area (Å²) in [6.45, 7) is 1.91. The molecule has 0 aliphatic rings. The first-order valence-electron chi connectivity index (χ1n) is 3.95. The average molecular weight is 175 g/mol. The zero-order valence-corrected chi connectivity index (χ0v) is 8.33. The van der Waals surface area contributed by atoms with E-state index < -0.39 is 0 Å². The molecule has 2 nitrogen and oxygen atoms in total. The van der Waals surface area contributed by atoms with Crippen molar-refractivity contribution in [2.75, 3.05) is 19.1 Å². The van der Waals surface area contributed by atoms with E-state index in [2.05, 4.69) is 11.6 Å². The summed E-state index contributed by atoms with van der Waals surface area (Å²) in [5, 5.41) is 3.02. The molecule has 0 aromatic heterocycles. The van der Waals surface area contributed by atoms with Crippen LogP contribution in [0.4, 0.5) is 0 Å². The van der Waals surface area contributed by atoms with E-state index in [0.29, 0.717) is 12.2 Å². The van der Waals surface area contributed by atoms with Gasteiger partial charge in [-0.1, -0.05) is 6.92 Å². The Hall–Kier alpha value is -0.0200. The Bertz CT molecular complexity index is 117. The van der Waals surface area contributed by atoms with Gasteiger partial charge in [0.1, 0.15) is 5.78 Å². The van der Waals surface area contributed by atoms with Gasteiger partial charge in [0.25, 0.3) is 0 Å². The Morgan fingerprint density at radius 1 is 1.64 bits per heavy atom. The Morgan fingerprint density at radius 3 is 2.64 bits per heavy atom. The van der Waals surface area contributed by atoms with Crippen LogP contribution in [0, 0.1) is 0 Å². The summed E-state index contributed by atoms with van der Waals surface area (Å²) in [5.74, 6) is 1.37. The van der Waals surface area contributed by atoms with Crippen LogP contribution >= 0.6 is 11.8 Å². The summed E-state index contributed by atoms with van der Waals surface area (Å²) < 4.78 is 0. The molecule has 0 heterocycles. The Balaban J connectivity index is 3.65. The molecule has 0 saturated carbocycles.